The minimum atomic E-state index is -3.41. The first-order valence-electron chi connectivity index (χ1n) is 12.9. The zero-order chi connectivity index (χ0) is 30.1. The fraction of sp³-hybridized carbons (Fsp3) is 0.207. The molecule has 4 N–H and O–H groups in total. The molecule has 0 radical (unpaired) electrons. The molecule has 0 saturated heterocycles. The number of rotatable bonds is 12. The van der Waals surface area contributed by atoms with Crippen molar-refractivity contribution in [1.82, 2.24) is 9.88 Å². The molecule has 14 heteroatoms. The molecular formula is C29H31Cl2N5O5S2. The molecule has 3 amide bonds. The Morgan fingerprint density at radius 2 is 1.56 bits per heavy atom. The van der Waals surface area contributed by atoms with E-state index in [9.17, 15) is 18.0 Å². The Morgan fingerprint density at radius 1 is 0.977 bits per heavy atom. The van der Waals surface area contributed by atoms with Gasteiger partial charge in [0.2, 0.25) is 10.0 Å². The predicted octanol–water partition coefficient (Wildman–Crippen LogP) is 6.41. The van der Waals surface area contributed by atoms with Gasteiger partial charge in [-0.15, -0.1) is 12.4 Å². The van der Waals surface area contributed by atoms with Gasteiger partial charge in [-0.05, 0) is 29.7 Å². The number of benzene rings is 3. The van der Waals surface area contributed by atoms with Crippen LogP contribution in [0.3, 0.4) is 0 Å². The van der Waals surface area contributed by atoms with Gasteiger partial charge in [0.25, 0.3) is 0 Å². The normalized spacial score (nSPS) is 11.0. The van der Waals surface area contributed by atoms with Gasteiger partial charge in [0.05, 0.1) is 12.8 Å². The van der Waals surface area contributed by atoms with Gasteiger partial charge in [-0.1, -0.05) is 95.7 Å². The Balaban J connectivity index is 0.00000506. The van der Waals surface area contributed by atoms with E-state index in [1.807, 2.05) is 36.4 Å². The standard InChI is InChI=1S/C29H30ClN5O5S2.ClH/c1-42(38,39)34-23-14-12-22(13-15-23)25-26(30)41-28(32-25)33-29(37)35(18-19-40-27(31)36)17-16-24(20-8-4-2-5-9-20)21-10-6-3-7-11-21;/h2-15,24,34H,16-19H2,1H3,(H2,31,36)(H,32,33,37);1H. The number of nitrogens with one attached hydrogen (secondary N) is 2. The Bertz CT molecular complexity index is 1570. The molecule has 0 aliphatic heterocycles. The van der Waals surface area contributed by atoms with E-state index in [1.54, 1.807) is 29.2 Å². The molecule has 3 aromatic carbocycles. The van der Waals surface area contributed by atoms with Crippen LogP contribution in [0.15, 0.2) is 84.9 Å². The summed E-state index contributed by atoms with van der Waals surface area (Å²) in [7, 11) is -3.41. The maximum atomic E-state index is 13.4. The van der Waals surface area contributed by atoms with Crippen LogP contribution < -0.4 is 15.8 Å². The fourth-order valence-electron chi connectivity index (χ4n) is 4.37. The highest BCUT2D eigenvalue weighted by atomic mass is 35.5. The topological polar surface area (TPSA) is 144 Å². The monoisotopic (exact) mass is 663 g/mol. The number of sulfonamides is 1. The summed E-state index contributed by atoms with van der Waals surface area (Å²) in [5.74, 6) is 0.0285. The number of hydrogen-bond donors (Lipinski definition) is 3. The molecule has 228 valence electrons. The minimum Gasteiger partial charge on any atom is -0.448 e. The molecular weight excluding hydrogens is 633 g/mol. The second-order valence-electron chi connectivity index (χ2n) is 9.34. The number of carbonyl (C=O) groups excluding carboxylic acids is 2. The number of thiazole rings is 1. The second-order valence-corrected chi connectivity index (χ2v) is 12.7. The molecule has 10 nitrogen and oxygen atoms in total. The van der Waals surface area contributed by atoms with E-state index < -0.39 is 22.1 Å². The molecule has 4 aromatic rings. The number of amides is 3. The van der Waals surface area contributed by atoms with E-state index >= 15 is 0 Å². The summed E-state index contributed by atoms with van der Waals surface area (Å²) in [5.41, 5.74) is 8.86. The maximum Gasteiger partial charge on any atom is 0.404 e. The largest absolute Gasteiger partial charge is 0.448 e. The number of nitrogens with two attached hydrogens (primary N) is 1. The van der Waals surface area contributed by atoms with Crippen molar-refractivity contribution in [1.29, 1.82) is 0 Å². The maximum absolute atomic E-state index is 13.4. The number of aromatic nitrogens is 1. The Labute approximate surface area is 265 Å². The van der Waals surface area contributed by atoms with Crippen molar-refractivity contribution >= 4 is 68.3 Å². The van der Waals surface area contributed by atoms with Gasteiger partial charge in [0.1, 0.15) is 16.6 Å². The number of urea groups is 1. The number of anilines is 2. The van der Waals surface area contributed by atoms with Crippen molar-refractivity contribution in [3.8, 4) is 11.3 Å². The van der Waals surface area contributed by atoms with Gasteiger partial charge in [-0.25, -0.2) is 23.0 Å². The summed E-state index contributed by atoms with van der Waals surface area (Å²) in [6.07, 6.45) is 0.756. The van der Waals surface area contributed by atoms with Crippen molar-refractivity contribution < 1.29 is 22.7 Å². The van der Waals surface area contributed by atoms with Crippen molar-refractivity contribution in [3.05, 3.63) is 100 Å². The molecule has 0 atom stereocenters. The van der Waals surface area contributed by atoms with E-state index in [1.165, 1.54) is 0 Å². The molecule has 0 aliphatic carbocycles. The average molecular weight is 665 g/mol. The van der Waals surface area contributed by atoms with Gasteiger partial charge in [0.15, 0.2) is 5.13 Å². The molecule has 4 rings (SSSR count). The third-order valence-corrected chi connectivity index (χ3v) is 8.02. The highest BCUT2D eigenvalue weighted by Crippen LogP contribution is 2.36. The number of primary amides is 1. The van der Waals surface area contributed by atoms with Crippen LogP contribution in [-0.4, -0.2) is 56.4 Å². The van der Waals surface area contributed by atoms with E-state index in [0.717, 1.165) is 28.7 Å². The van der Waals surface area contributed by atoms with E-state index in [0.29, 0.717) is 34.2 Å². The molecule has 1 heterocycles. The molecule has 0 aliphatic rings. The van der Waals surface area contributed by atoms with Crippen LogP contribution >= 0.6 is 35.3 Å². The molecule has 0 saturated carbocycles. The minimum absolute atomic E-state index is 0. The lowest BCUT2D eigenvalue weighted by Crippen LogP contribution is -2.39. The summed E-state index contributed by atoms with van der Waals surface area (Å²) < 4.78 is 30.6. The van der Waals surface area contributed by atoms with Gasteiger partial charge >= 0.3 is 12.1 Å². The summed E-state index contributed by atoms with van der Waals surface area (Å²) in [6.45, 7) is 0.400. The zero-order valence-electron chi connectivity index (χ0n) is 23.1. The van der Waals surface area contributed by atoms with E-state index in [4.69, 9.17) is 22.1 Å². The third kappa shape index (κ3) is 10.1. The molecule has 0 fully saturated rings. The summed E-state index contributed by atoms with van der Waals surface area (Å²) in [5, 5.41) is 3.08. The van der Waals surface area contributed by atoms with Crippen molar-refractivity contribution in [2.75, 3.05) is 36.0 Å². The molecule has 43 heavy (non-hydrogen) atoms. The van der Waals surface area contributed by atoms with Gasteiger partial charge < -0.3 is 15.4 Å². The molecule has 0 bridgehead atoms. The first-order valence-corrected chi connectivity index (χ1v) is 16.0. The van der Waals surface area contributed by atoms with E-state index in [-0.39, 0.29) is 36.6 Å². The van der Waals surface area contributed by atoms with Crippen molar-refractivity contribution in [2.24, 2.45) is 5.73 Å². The SMILES string of the molecule is CS(=O)(=O)Nc1ccc(-c2nc(NC(=O)N(CCOC(N)=O)CCC(c3ccccc3)c3ccccc3)sc2Cl)cc1.Cl. The lowest BCUT2D eigenvalue weighted by atomic mass is 9.88. The lowest BCUT2D eigenvalue weighted by molar-refractivity contribution is 0.139. The third-order valence-electron chi connectivity index (χ3n) is 6.25. The molecule has 1 aromatic heterocycles. The number of halogens is 2. The van der Waals surface area contributed by atoms with Gasteiger partial charge in [0, 0.05) is 23.7 Å². The number of ether oxygens (including phenoxy) is 1. The van der Waals surface area contributed by atoms with E-state index in [2.05, 4.69) is 39.3 Å². The quantitative estimate of drug-likeness (QED) is 0.160. The first kappa shape index (κ1) is 33.7. The Hall–Kier alpha value is -3.84. The highest BCUT2D eigenvalue weighted by Gasteiger charge is 2.21. The van der Waals surface area contributed by atoms with Crippen LogP contribution in [0.5, 0.6) is 0 Å². The number of carbonyl (C=O) groups is 2. The smallest absolute Gasteiger partial charge is 0.404 e. The Morgan fingerprint density at radius 3 is 2.09 bits per heavy atom. The highest BCUT2D eigenvalue weighted by molar-refractivity contribution is 7.92. The Kier molecular flexibility index (Phi) is 12.2. The fourth-order valence-corrected chi connectivity index (χ4v) is 6.01. The zero-order valence-corrected chi connectivity index (χ0v) is 26.3. The lowest BCUT2D eigenvalue weighted by Gasteiger charge is -2.25. The summed E-state index contributed by atoms with van der Waals surface area (Å²) >= 11 is 7.55. The molecule has 0 unspecified atom stereocenters. The van der Waals surface area contributed by atoms with Crippen LogP contribution in [-0.2, 0) is 14.8 Å². The van der Waals surface area contributed by atoms with Crippen LogP contribution in [0.1, 0.15) is 23.5 Å². The number of hydrogen-bond acceptors (Lipinski definition) is 7. The molecule has 0 spiro atoms. The van der Waals surface area contributed by atoms with Crippen molar-refractivity contribution in [3.63, 3.8) is 0 Å². The predicted molar refractivity (Wildman–Crippen MR) is 174 cm³/mol. The summed E-state index contributed by atoms with van der Waals surface area (Å²) in [4.78, 5) is 30.6. The first-order chi connectivity index (χ1) is 20.1. The second kappa shape index (κ2) is 15.6. The van der Waals surface area contributed by atoms with Gasteiger partial charge in [-0.2, -0.15) is 0 Å². The van der Waals surface area contributed by atoms with Crippen molar-refractivity contribution in [2.45, 2.75) is 12.3 Å². The van der Waals surface area contributed by atoms with Crippen LogP contribution in [0.25, 0.3) is 11.3 Å². The average Bonchev–Trinajstić information content (AvgIpc) is 3.32. The van der Waals surface area contributed by atoms with Crippen LogP contribution in [0.4, 0.5) is 20.4 Å². The van der Waals surface area contributed by atoms with Crippen LogP contribution in [0, 0.1) is 0 Å². The van der Waals surface area contributed by atoms with Crippen LogP contribution in [0.2, 0.25) is 4.34 Å². The van der Waals surface area contributed by atoms with Gasteiger partial charge in [-0.3, -0.25) is 10.0 Å². The number of nitrogens with zero attached hydrogens (tertiary/aromatic N) is 2. The summed E-state index contributed by atoms with van der Waals surface area (Å²) in [6, 6.07) is 26.2.